The number of rotatable bonds is 7. The highest BCUT2D eigenvalue weighted by molar-refractivity contribution is 7.90. The van der Waals surface area contributed by atoms with Crippen molar-refractivity contribution in [3.8, 4) is 0 Å². The molecule has 0 aliphatic heterocycles. The second-order valence-corrected chi connectivity index (χ2v) is 7.98. The highest BCUT2D eigenvalue weighted by Gasteiger charge is 2.10. The first kappa shape index (κ1) is 16.0. The first-order valence-electron chi connectivity index (χ1n) is 7.40. The van der Waals surface area contributed by atoms with Crippen LogP contribution in [0, 0.1) is 0 Å². The molecule has 1 aromatic heterocycles. The fourth-order valence-corrected chi connectivity index (χ4v) is 3.27. The van der Waals surface area contributed by atoms with E-state index in [-0.39, 0.29) is 11.8 Å². The topological polar surface area (TPSA) is 65.1 Å². The molecule has 1 unspecified atom stereocenters. The van der Waals surface area contributed by atoms with E-state index >= 15 is 0 Å². The number of fused-ring (bicyclic) bond motifs is 1. The summed E-state index contributed by atoms with van der Waals surface area (Å²) in [5.41, 5.74) is 8.52. The number of aryl methyl sites for hydroxylation is 1. The maximum Gasteiger partial charge on any atom is 0.147 e. The Morgan fingerprint density at radius 1 is 1.29 bits per heavy atom. The number of hydrogen-bond donors (Lipinski definition) is 1. The van der Waals surface area contributed by atoms with E-state index < -0.39 is 9.84 Å². The molecule has 0 fully saturated rings. The van der Waals surface area contributed by atoms with Crippen LogP contribution in [0.2, 0.25) is 0 Å². The third-order valence-corrected chi connectivity index (χ3v) is 4.82. The van der Waals surface area contributed by atoms with E-state index in [0.717, 1.165) is 19.4 Å². The number of sulfone groups is 1. The first-order valence-corrected chi connectivity index (χ1v) is 9.47. The number of nitrogens with two attached hydrogens (primary N) is 1. The Hall–Kier alpha value is -1.33. The third kappa shape index (κ3) is 4.32. The van der Waals surface area contributed by atoms with Crippen molar-refractivity contribution in [1.29, 1.82) is 0 Å². The SMILES string of the molecule is CCC(N)Cc1cccc2ccn(CCCS(C)(=O)=O)c12. The molecule has 1 atom stereocenters. The van der Waals surface area contributed by atoms with Gasteiger partial charge >= 0.3 is 0 Å². The van der Waals surface area contributed by atoms with Gasteiger partial charge in [-0.2, -0.15) is 0 Å². The quantitative estimate of drug-likeness (QED) is 0.854. The number of hydrogen-bond acceptors (Lipinski definition) is 3. The molecule has 4 nitrogen and oxygen atoms in total. The zero-order valence-electron chi connectivity index (χ0n) is 12.7. The molecule has 5 heteroatoms. The molecule has 0 spiro atoms. The number of para-hydroxylation sites is 1. The minimum Gasteiger partial charge on any atom is -0.347 e. The minimum absolute atomic E-state index is 0.162. The van der Waals surface area contributed by atoms with E-state index in [2.05, 4.69) is 35.8 Å². The van der Waals surface area contributed by atoms with Gasteiger partial charge in [0.15, 0.2) is 0 Å². The molecule has 0 saturated heterocycles. The van der Waals surface area contributed by atoms with Gasteiger partial charge in [0.25, 0.3) is 0 Å². The van der Waals surface area contributed by atoms with E-state index in [4.69, 9.17) is 5.73 Å². The van der Waals surface area contributed by atoms with Gasteiger partial charge in [0, 0.05) is 25.0 Å². The lowest BCUT2D eigenvalue weighted by molar-refractivity contribution is 0.593. The Labute approximate surface area is 126 Å². The van der Waals surface area contributed by atoms with Gasteiger partial charge in [-0.15, -0.1) is 0 Å². The summed E-state index contributed by atoms with van der Waals surface area (Å²) >= 11 is 0. The van der Waals surface area contributed by atoms with Crippen molar-refractivity contribution in [2.75, 3.05) is 12.0 Å². The lowest BCUT2D eigenvalue weighted by Gasteiger charge is -2.13. The Kier molecular flexibility index (Phi) is 5.06. The summed E-state index contributed by atoms with van der Waals surface area (Å²) in [7, 11) is -2.90. The highest BCUT2D eigenvalue weighted by atomic mass is 32.2. The van der Waals surface area contributed by atoms with Gasteiger partial charge in [-0.25, -0.2) is 8.42 Å². The fraction of sp³-hybridized carbons (Fsp3) is 0.500. The van der Waals surface area contributed by atoms with Gasteiger partial charge in [0.2, 0.25) is 0 Å². The van der Waals surface area contributed by atoms with Crippen molar-refractivity contribution in [2.24, 2.45) is 5.73 Å². The van der Waals surface area contributed by atoms with Crippen LogP contribution in [0.25, 0.3) is 10.9 Å². The lowest BCUT2D eigenvalue weighted by atomic mass is 10.0. The minimum atomic E-state index is -2.90. The predicted molar refractivity (Wildman–Crippen MR) is 88.2 cm³/mol. The summed E-state index contributed by atoms with van der Waals surface area (Å²) in [6, 6.07) is 8.50. The van der Waals surface area contributed by atoms with Crippen LogP contribution in [0.4, 0.5) is 0 Å². The van der Waals surface area contributed by atoms with E-state index in [9.17, 15) is 8.42 Å². The maximum absolute atomic E-state index is 11.2. The van der Waals surface area contributed by atoms with E-state index in [0.29, 0.717) is 6.42 Å². The molecule has 0 radical (unpaired) electrons. The molecule has 0 amide bonds. The Morgan fingerprint density at radius 3 is 2.71 bits per heavy atom. The number of benzene rings is 1. The molecule has 1 aromatic carbocycles. The summed E-state index contributed by atoms with van der Waals surface area (Å²) < 4.78 is 24.6. The van der Waals surface area contributed by atoms with Gasteiger partial charge in [0.1, 0.15) is 9.84 Å². The molecule has 2 aromatic rings. The summed E-state index contributed by atoms with van der Waals surface area (Å²) in [6.07, 6.45) is 5.76. The predicted octanol–water partition coefficient (Wildman–Crippen LogP) is 2.36. The molecule has 0 aliphatic carbocycles. The van der Waals surface area contributed by atoms with Gasteiger partial charge in [-0.3, -0.25) is 0 Å². The number of aromatic nitrogens is 1. The van der Waals surface area contributed by atoms with Crippen molar-refractivity contribution in [1.82, 2.24) is 4.57 Å². The van der Waals surface area contributed by atoms with Crippen LogP contribution in [0.3, 0.4) is 0 Å². The van der Waals surface area contributed by atoms with Crippen LogP contribution < -0.4 is 5.73 Å². The normalized spacial score (nSPS) is 13.7. The van der Waals surface area contributed by atoms with E-state index in [1.54, 1.807) is 0 Å². The van der Waals surface area contributed by atoms with Crippen molar-refractivity contribution in [3.63, 3.8) is 0 Å². The zero-order valence-corrected chi connectivity index (χ0v) is 13.6. The van der Waals surface area contributed by atoms with Crippen molar-refractivity contribution < 1.29 is 8.42 Å². The van der Waals surface area contributed by atoms with Crippen LogP contribution >= 0.6 is 0 Å². The van der Waals surface area contributed by atoms with Gasteiger partial charge < -0.3 is 10.3 Å². The summed E-state index contributed by atoms with van der Waals surface area (Å²) in [6.45, 7) is 2.81. The molecule has 21 heavy (non-hydrogen) atoms. The van der Waals surface area contributed by atoms with Crippen LogP contribution in [0.15, 0.2) is 30.5 Å². The molecule has 0 aliphatic rings. The maximum atomic E-state index is 11.2. The Morgan fingerprint density at radius 2 is 2.05 bits per heavy atom. The van der Waals surface area contributed by atoms with Crippen LogP contribution in [0.5, 0.6) is 0 Å². The smallest absolute Gasteiger partial charge is 0.147 e. The molecule has 0 saturated carbocycles. The van der Waals surface area contributed by atoms with Crippen molar-refractivity contribution in [3.05, 3.63) is 36.0 Å². The monoisotopic (exact) mass is 308 g/mol. The molecule has 1 heterocycles. The molecule has 2 rings (SSSR count). The summed E-state index contributed by atoms with van der Waals surface area (Å²) in [4.78, 5) is 0. The zero-order chi connectivity index (χ0) is 15.5. The van der Waals surface area contributed by atoms with Gasteiger partial charge in [-0.05, 0) is 36.3 Å². The van der Waals surface area contributed by atoms with Gasteiger partial charge in [-0.1, -0.05) is 25.1 Å². The highest BCUT2D eigenvalue weighted by Crippen LogP contribution is 2.22. The van der Waals surface area contributed by atoms with Crippen LogP contribution in [-0.4, -0.2) is 31.0 Å². The summed E-state index contributed by atoms with van der Waals surface area (Å²) in [5.74, 6) is 0.226. The standard InChI is InChI=1S/C16H24N2O2S/c1-3-15(17)12-14-7-4-6-13-8-10-18(16(13)14)9-5-11-21(2,19)20/h4,6-8,10,15H,3,5,9,11-12,17H2,1-2H3. The average Bonchev–Trinajstić information content (AvgIpc) is 2.82. The van der Waals surface area contributed by atoms with E-state index in [1.165, 1.54) is 22.7 Å². The summed E-state index contributed by atoms with van der Waals surface area (Å²) in [5, 5.41) is 1.19. The van der Waals surface area contributed by atoms with Crippen molar-refractivity contribution in [2.45, 2.75) is 38.8 Å². The second kappa shape index (κ2) is 6.62. The second-order valence-electron chi connectivity index (χ2n) is 5.72. The largest absolute Gasteiger partial charge is 0.347 e. The lowest BCUT2D eigenvalue weighted by Crippen LogP contribution is -2.21. The van der Waals surface area contributed by atoms with Crippen molar-refractivity contribution >= 4 is 20.7 Å². The average molecular weight is 308 g/mol. The molecule has 0 bridgehead atoms. The number of nitrogens with zero attached hydrogens (tertiary/aromatic N) is 1. The first-order chi connectivity index (χ1) is 9.90. The third-order valence-electron chi connectivity index (χ3n) is 3.79. The van der Waals surface area contributed by atoms with Crippen LogP contribution in [-0.2, 0) is 22.8 Å². The fourth-order valence-electron chi connectivity index (χ4n) is 2.62. The molecule has 116 valence electrons. The molecular weight excluding hydrogens is 284 g/mol. The Bertz CT molecular complexity index is 704. The van der Waals surface area contributed by atoms with E-state index in [1.807, 2.05) is 6.20 Å². The van der Waals surface area contributed by atoms with Gasteiger partial charge in [0.05, 0.1) is 11.3 Å². The van der Waals surface area contributed by atoms with Crippen LogP contribution in [0.1, 0.15) is 25.3 Å². The Balaban J connectivity index is 2.24. The molecular formula is C16H24N2O2S. The molecule has 2 N–H and O–H groups in total.